The lowest BCUT2D eigenvalue weighted by molar-refractivity contribution is -0.383. The summed E-state index contributed by atoms with van der Waals surface area (Å²) < 4.78 is 1.33. The summed E-state index contributed by atoms with van der Waals surface area (Å²) >= 11 is 0. The fourth-order valence-corrected chi connectivity index (χ4v) is 1.79. The number of nitro benzene ring substituents is 1. The Labute approximate surface area is 120 Å². The first-order valence-electron chi connectivity index (χ1n) is 6.11. The summed E-state index contributed by atoms with van der Waals surface area (Å²) in [6.07, 6.45) is 1.46. The molecule has 2 rings (SSSR count). The molecule has 0 aliphatic carbocycles. The van der Waals surface area contributed by atoms with Gasteiger partial charge in [-0.05, 0) is 24.6 Å². The first kappa shape index (κ1) is 14.4. The molecule has 1 heterocycles. The summed E-state index contributed by atoms with van der Waals surface area (Å²) in [5, 5.41) is 13.4. The van der Waals surface area contributed by atoms with Gasteiger partial charge in [-0.2, -0.15) is 0 Å². The van der Waals surface area contributed by atoms with Gasteiger partial charge in [-0.3, -0.25) is 19.7 Å². The van der Waals surface area contributed by atoms with Crippen LogP contribution in [0.2, 0.25) is 0 Å². The number of hydrogen-bond acceptors (Lipinski definition) is 4. The average molecular weight is 287 g/mol. The lowest BCUT2D eigenvalue weighted by Crippen LogP contribution is -2.20. The van der Waals surface area contributed by atoms with E-state index in [0.717, 1.165) is 5.56 Å². The van der Waals surface area contributed by atoms with Crippen LogP contribution in [0.3, 0.4) is 0 Å². The summed E-state index contributed by atoms with van der Waals surface area (Å²) in [5.41, 5.74) is 0.499. The van der Waals surface area contributed by atoms with Gasteiger partial charge in [0.25, 0.3) is 17.2 Å². The number of aryl methyl sites for hydroxylation is 2. The molecule has 0 unspecified atom stereocenters. The molecule has 0 fully saturated rings. The molecule has 0 atom stereocenters. The van der Waals surface area contributed by atoms with Gasteiger partial charge < -0.3 is 9.88 Å². The van der Waals surface area contributed by atoms with Crippen LogP contribution < -0.4 is 10.9 Å². The van der Waals surface area contributed by atoms with E-state index >= 15 is 0 Å². The second-order valence-corrected chi connectivity index (χ2v) is 4.60. The highest BCUT2D eigenvalue weighted by atomic mass is 16.6. The molecule has 21 heavy (non-hydrogen) atoms. The maximum Gasteiger partial charge on any atom is 0.292 e. The van der Waals surface area contributed by atoms with Crippen molar-refractivity contribution < 1.29 is 9.72 Å². The number of nitro groups is 1. The van der Waals surface area contributed by atoms with E-state index in [0.29, 0.717) is 0 Å². The summed E-state index contributed by atoms with van der Waals surface area (Å²) in [4.78, 5) is 34.0. The van der Waals surface area contributed by atoms with Gasteiger partial charge in [0, 0.05) is 30.9 Å². The Morgan fingerprint density at radius 1 is 1.29 bits per heavy atom. The molecule has 108 valence electrons. The molecule has 1 N–H and O–H groups in total. The zero-order valence-corrected chi connectivity index (χ0v) is 11.5. The lowest BCUT2D eigenvalue weighted by Gasteiger charge is -2.07. The zero-order chi connectivity index (χ0) is 15.6. The molecule has 1 aromatic carbocycles. The second kappa shape index (κ2) is 5.58. The van der Waals surface area contributed by atoms with E-state index < -0.39 is 10.8 Å². The monoisotopic (exact) mass is 287 g/mol. The highest BCUT2D eigenvalue weighted by Gasteiger charge is 2.16. The number of pyridine rings is 1. The van der Waals surface area contributed by atoms with E-state index in [-0.39, 0.29) is 22.5 Å². The van der Waals surface area contributed by atoms with Crippen LogP contribution in [-0.4, -0.2) is 15.4 Å². The van der Waals surface area contributed by atoms with Gasteiger partial charge in [0.1, 0.15) is 5.69 Å². The lowest BCUT2D eigenvalue weighted by atomic mass is 10.1. The van der Waals surface area contributed by atoms with Crippen molar-refractivity contribution in [1.29, 1.82) is 0 Å². The van der Waals surface area contributed by atoms with Crippen LogP contribution >= 0.6 is 0 Å². The highest BCUT2D eigenvalue weighted by molar-refractivity contribution is 6.05. The van der Waals surface area contributed by atoms with Crippen LogP contribution in [0.25, 0.3) is 0 Å². The largest absolute Gasteiger partial charge is 0.319 e. The Bertz CT molecular complexity index is 780. The Morgan fingerprint density at radius 3 is 2.62 bits per heavy atom. The standard InChI is InChI=1S/C14H13N3O4/c1-9-3-4-12(17(20)21)11(7-9)15-14(19)10-5-6-16(2)13(18)8-10/h3-8H,1-2H3,(H,15,19). The SMILES string of the molecule is Cc1ccc([N+](=O)[O-])c(NC(=O)c2ccn(C)c(=O)c2)c1. The van der Waals surface area contributed by atoms with E-state index in [1.165, 1.54) is 35.0 Å². The number of benzene rings is 1. The Balaban J connectivity index is 2.35. The van der Waals surface area contributed by atoms with Crippen LogP contribution in [0.15, 0.2) is 41.3 Å². The van der Waals surface area contributed by atoms with E-state index in [1.54, 1.807) is 20.0 Å². The van der Waals surface area contributed by atoms with Crippen molar-refractivity contribution in [2.24, 2.45) is 7.05 Å². The maximum absolute atomic E-state index is 12.1. The van der Waals surface area contributed by atoms with Crippen LogP contribution in [0.1, 0.15) is 15.9 Å². The average Bonchev–Trinajstić information content (AvgIpc) is 2.41. The molecule has 0 aliphatic rings. The fourth-order valence-electron chi connectivity index (χ4n) is 1.79. The number of anilines is 1. The molecule has 0 saturated carbocycles. The molecule has 0 bridgehead atoms. The van der Waals surface area contributed by atoms with Crippen molar-refractivity contribution in [3.05, 3.63) is 68.1 Å². The predicted octanol–water partition coefficient (Wildman–Crippen LogP) is 1.85. The smallest absolute Gasteiger partial charge is 0.292 e. The van der Waals surface area contributed by atoms with Gasteiger partial charge in [0.05, 0.1) is 4.92 Å². The number of nitrogens with zero attached hydrogens (tertiary/aromatic N) is 2. The van der Waals surface area contributed by atoms with E-state index in [4.69, 9.17) is 0 Å². The van der Waals surface area contributed by atoms with Crippen LogP contribution in [0, 0.1) is 17.0 Å². The fraction of sp³-hybridized carbons (Fsp3) is 0.143. The molecule has 7 nitrogen and oxygen atoms in total. The molecular formula is C14H13N3O4. The van der Waals surface area contributed by atoms with Crippen molar-refractivity contribution in [2.75, 3.05) is 5.32 Å². The number of nitrogens with one attached hydrogen (secondary N) is 1. The Hall–Kier alpha value is -2.96. The topological polar surface area (TPSA) is 94.2 Å². The van der Waals surface area contributed by atoms with Gasteiger partial charge >= 0.3 is 0 Å². The zero-order valence-electron chi connectivity index (χ0n) is 11.5. The number of aromatic nitrogens is 1. The van der Waals surface area contributed by atoms with Crippen molar-refractivity contribution >= 4 is 17.3 Å². The highest BCUT2D eigenvalue weighted by Crippen LogP contribution is 2.25. The van der Waals surface area contributed by atoms with Crippen molar-refractivity contribution in [1.82, 2.24) is 4.57 Å². The maximum atomic E-state index is 12.1. The molecular weight excluding hydrogens is 274 g/mol. The van der Waals surface area contributed by atoms with Gasteiger partial charge in [-0.15, -0.1) is 0 Å². The van der Waals surface area contributed by atoms with Gasteiger partial charge in [0.15, 0.2) is 0 Å². The number of hydrogen-bond donors (Lipinski definition) is 1. The van der Waals surface area contributed by atoms with Crippen molar-refractivity contribution in [2.45, 2.75) is 6.92 Å². The first-order chi connectivity index (χ1) is 9.88. The van der Waals surface area contributed by atoms with Crippen LogP contribution in [0.5, 0.6) is 0 Å². The van der Waals surface area contributed by atoms with E-state index in [9.17, 15) is 19.7 Å². The molecule has 0 saturated heterocycles. The summed E-state index contributed by atoms with van der Waals surface area (Å²) in [6.45, 7) is 1.76. The van der Waals surface area contributed by atoms with Crippen molar-refractivity contribution in [3.63, 3.8) is 0 Å². The minimum Gasteiger partial charge on any atom is -0.319 e. The molecule has 7 heteroatoms. The number of amides is 1. The van der Waals surface area contributed by atoms with Crippen LogP contribution in [-0.2, 0) is 7.05 Å². The molecule has 2 aromatic rings. The molecule has 1 amide bonds. The normalized spacial score (nSPS) is 10.2. The summed E-state index contributed by atoms with van der Waals surface area (Å²) in [7, 11) is 1.56. The Kier molecular flexibility index (Phi) is 3.84. The second-order valence-electron chi connectivity index (χ2n) is 4.60. The minimum atomic E-state index is -0.570. The summed E-state index contributed by atoms with van der Waals surface area (Å²) in [5.74, 6) is -0.568. The summed E-state index contributed by atoms with van der Waals surface area (Å²) in [6, 6.07) is 7.08. The van der Waals surface area contributed by atoms with Crippen molar-refractivity contribution in [3.8, 4) is 0 Å². The third kappa shape index (κ3) is 3.14. The molecule has 0 radical (unpaired) electrons. The van der Waals surface area contributed by atoms with Gasteiger partial charge in [0.2, 0.25) is 0 Å². The Morgan fingerprint density at radius 2 is 2.00 bits per heavy atom. The third-order valence-electron chi connectivity index (χ3n) is 2.96. The van der Waals surface area contributed by atoms with E-state index in [2.05, 4.69) is 5.32 Å². The number of rotatable bonds is 3. The molecule has 0 aliphatic heterocycles. The first-order valence-corrected chi connectivity index (χ1v) is 6.11. The minimum absolute atomic E-state index is 0.102. The van der Waals surface area contributed by atoms with Crippen LogP contribution in [0.4, 0.5) is 11.4 Å². The predicted molar refractivity (Wildman–Crippen MR) is 77.5 cm³/mol. The molecule has 0 spiro atoms. The molecule has 1 aromatic heterocycles. The quantitative estimate of drug-likeness (QED) is 0.688. The van der Waals surface area contributed by atoms with Gasteiger partial charge in [-0.25, -0.2) is 0 Å². The van der Waals surface area contributed by atoms with Gasteiger partial charge in [-0.1, -0.05) is 6.07 Å². The van der Waals surface area contributed by atoms with E-state index in [1.807, 2.05) is 0 Å². The number of carbonyl (C=O) groups excluding carboxylic acids is 1. The number of carbonyl (C=O) groups is 1. The third-order valence-corrected chi connectivity index (χ3v) is 2.96.